The Morgan fingerprint density at radius 1 is 1.22 bits per heavy atom. The van der Waals surface area contributed by atoms with Gasteiger partial charge in [0.15, 0.2) is 0 Å². The standard InChI is InChI=1S/C15H20N2S/c1-12-5-7-13(8-6-12)11-17(2)14(10-16)15-4-3-9-18-15/h3-9,14H,10-11,16H2,1-2H3. The van der Waals surface area contributed by atoms with Crippen molar-refractivity contribution in [1.82, 2.24) is 4.90 Å². The Hall–Kier alpha value is -1.16. The molecule has 1 unspecified atom stereocenters. The molecule has 1 aromatic heterocycles. The van der Waals surface area contributed by atoms with E-state index in [-0.39, 0.29) is 0 Å². The van der Waals surface area contributed by atoms with Gasteiger partial charge in [-0.1, -0.05) is 35.9 Å². The van der Waals surface area contributed by atoms with Gasteiger partial charge in [0.1, 0.15) is 0 Å². The fraction of sp³-hybridized carbons (Fsp3) is 0.333. The molecule has 2 rings (SSSR count). The number of thiophene rings is 1. The summed E-state index contributed by atoms with van der Waals surface area (Å²) in [6, 6.07) is 13.3. The summed E-state index contributed by atoms with van der Waals surface area (Å²) in [6.45, 7) is 3.70. The van der Waals surface area contributed by atoms with Crippen LogP contribution in [0.2, 0.25) is 0 Å². The Bertz CT molecular complexity index is 462. The molecule has 3 heteroatoms. The molecule has 0 fully saturated rings. The number of aryl methyl sites for hydroxylation is 1. The van der Waals surface area contributed by atoms with Gasteiger partial charge in [-0.15, -0.1) is 11.3 Å². The molecule has 0 aliphatic rings. The summed E-state index contributed by atoms with van der Waals surface area (Å²) in [5, 5.41) is 2.11. The van der Waals surface area contributed by atoms with E-state index in [4.69, 9.17) is 5.73 Å². The Balaban J connectivity index is 2.06. The van der Waals surface area contributed by atoms with Crippen LogP contribution in [0.3, 0.4) is 0 Å². The van der Waals surface area contributed by atoms with Crippen LogP contribution in [0.15, 0.2) is 41.8 Å². The maximum atomic E-state index is 5.91. The highest BCUT2D eigenvalue weighted by molar-refractivity contribution is 7.10. The van der Waals surface area contributed by atoms with Crippen LogP contribution in [0, 0.1) is 6.92 Å². The van der Waals surface area contributed by atoms with Gasteiger partial charge >= 0.3 is 0 Å². The molecule has 0 spiro atoms. The number of nitrogens with two attached hydrogens (primary N) is 1. The van der Waals surface area contributed by atoms with Gasteiger partial charge in [0.25, 0.3) is 0 Å². The lowest BCUT2D eigenvalue weighted by Crippen LogP contribution is -2.29. The second-order valence-corrected chi connectivity index (χ2v) is 5.65. The molecule has 1 aromatic carbocycles. The lowest BCUT2D eigenvalue weighted by atomic mass is 10.1. The van der Waals surface area contributed by atoms with E-state index in [1.54, 1.807) is 11.3 Å². The average molecular weight is 260 g/mol. The van der Waals surface area contributed by atoms with Crippen LogP contribution in [0.1, 0.15) is 22.0 Å². The minimum atomic E-state index is 0.311. The van der Waals surface area contributed by atoms with Crippen LogP contribution < -0.4 is 5.73 Å². The predicted molar refractivity (Wildman–Crippen MR) is 78.8 cm³/mol. The lowest BCUT2D eigenvalue weighted by Gasteiger charge is -2.26. The lowest BCUT2D eigenvalue weighted by molar-refractivity contribution is 0.245. The third-order valence-corrected chi connectivity index (χ3v) is 4.15. The molecule has 0 saturated heterocycles. The van der Waals surface area contributed by atoms with Crippen molar-refractivity contribution < 1.29 is 0 Å². The van der Waals surface area contributed by atoms with Crippen LogP contribution in [0.5, 0.6) is 0 Å². The number of rotatable bonds is 5. The molecule has 0 saturated carbocycles. The first-order chi connectivity index (χ1) is 8.70. The monoisotopic (exact) mass is 260 g/mol. The average Bonchev–Trinajstić information content (AvgIpc) is 2.87. The number of benzene rings is 1. The van der Waals surface area contributed by atoms with Crippen molar-refractivity contribution in [3.8, 4) is 0 Å². The fourth-order valence-corrected chi connectivity index (χ4v) is 2.99. The van der Waals surface area contributed by atoms with Crippen molar-refractivity contribution in [2.24, 2.45) is 5.73 Å². The number of hydrogen-bond acceptors (Lipinski definition) is 3. The highest BCUT2D eigenvalue weighted by atomic mass is 32.1. The minimum absolute atomic E-state index is 0.311. The van der Waals surface area contributed by atoms with E-state index < -0.39 is 0 Å². The van der Waals surface area contributed by atoms with Gasteiger partial charge in [0, 0.05) is 18.0 Å². The molecule has 1 heterocycles. The maximum absolute atomic E-state index is 5.91. The molecule has 0 amide bonds. The number of likely N-dealkylation sites (N-methyl/N-ethyl adjacent to an activating group) is 1. The van der Waals surface area contributed by atoms with E-state index >= 15 is 0 Å². The maximum Gasteiger partial charge on any atom is 0.0564 e. The van der Waals surface area contributed by atoms with Crippen molar-refractivity contribution in [2.75, 3.05) is 13.6 Å². The topological polar surface area (TPSA) is 29.3 Å². The van der Waals surface area contributed by atoms with Gasteiger partial charge in [-0.3, -0.25) is 4.90 Å². The van der Waals surface area contributed by atoms with Gasteiger partial charge in [0.2, 0.25) is 0 Å². The van der Waals surface area contributed by atoms with Crippen molar-refractivity contribution in [3.05, 3.63) is 57.8 Å². The van der Waals surface area contributed by atoms with Gasteiger partial charge in [-0.2, -0.15) is 0 Å². The summed E-state index contributed by atoms with van der Waals surface area (Å²) in [7, 11) is 2.14. The summed E-state index contributed by atoms with van der Waals surface area (Å²) < 4.78 is 0. The predicted octanol–water partition coefficient (Wildman–Crippen LogP) is 3.19. The zero-order valence-corrected chi connectivity index (χ0v) is 11.8. The van der Waals surface area contributed by atoms with E-state index in [0.717, 1.165) is 6.54 Å². The zero-order valence-electron chi connectivity index (χ0n) is 11.0. The third kappa shape index (κ3) is 3.19. The number of hydrogen-bond donors (Lipinski definition) is 1. The van der Waals surface area contributed by atoms with E-state index in [1.165, 1.54) is 16.0 Å². The summed E-state index contributed by atoms with van der Waals surface area (Å²) >= 11 is 1.78. The van der Waals surface area contributed by atoms with Gasteiger partial charge in [-0.05, 0) is 31.0 Å². The highest BCUT2D eigenvalue weighted by Gasteiger charge is 2.16. The SMILES string of the molecule is Cc1ccc(CN(C)C(CN)c2cccs2)cc1. The third-order valence-electron chi connectivity index (χ3n) is 3.18. The van der Waals surface area contributed by atoms with Gasteiger partial charge < -0.3 is 5.73 Å². The molecule has 0 aliphatic heterocycles. The molecule has 0 bridgehead atoms. The quantitative estimate of drug-likeness (QED) is 0.894. The Morgan fingerprint density at radius 3 is 2.50 bits per heavy atom. The van der Waals surface area contributed by atoms with E-state index in [9.17, 15) is 0 Å². The van der Waals surface area contributed by atoms with Gasteiger partial charge in [0.05, 0.1) is 6.04 Å². The zero-order chi connectivity index (χ0) is 13.0. The molecular weight excluding hydrogens is 240 g/mol. The molecule has 0 radical (unpaired) electrons. The Kier molecular flexibility index (Phi) is 4.53. The fourth-order valence-electron chi connectivity index (χ4n) is 2.09. The van der Waals surface area contributed by atoms with Crippen molar-refractivity contribution >= 4 is 11.3 Å². The van der Waals surface area contributed by atoms with Crippen LogP contribution >= 0.6 is 11.3 Å². The highest BCUT2D eigenvalue weighted by Crippen LogP contribution is 2.24. The summed E-state index contributed by atoms with van der Waals surface area (Å²) in [6.07, 6.45) is 0. The van der Waals surface area contributed by atoms with Crippen molar-refractivity contribution in [3.63, 3.8) is 0 Å². The van der Waals surface area contributed by atoms with E-state index in [0.29, 0.717) is 12.6 Å². The van der Waals surface area contributed by atoms with E-state index in [1.807, 2.05) is 0 Å². The Labute approximate surface area is 113 Å². The van der Waals surface area contributed by atoms with Gasteiger partial charge in [-0.25, -0.2) is 0 Å². The van der Waals surface area contributed by atoms with Crippen molar-refractivity contribution in [1.29, 1.82) is 0 Å². The Morgan fingerprint density at radius 2 is 1.94 bits per heavy atom. The summed E-state index contributed by atoms with van der Waals surface area (Å²) in [5.41, 5.74) is 8.54. The van der Waals surface area contributed by atoms with Crippen LogP contribution in [-0.2, 0) is 6.54 Å². The molecular formula is C15H20N2S. The largest absolute Gasteiger partial charge is 0.329 e. The first-order valence-electron chi connectivity index (χ1n) is 6.20. The normalized spacial score (nSPS) is 12.9. The second-order valence-electron chi connectivity index (χ2n) is 4.67. The minimum Gasteiger partial charge on any atom is -0.329 e. The van der Waals surface area contributed by atoms with E-state index in [2.05, 4.69) is 60.6 Å². The van der Waals surface area contributed by atoms with Crippen molar-refractivity contribution in [2.45, 2.75) is 19.5 Å². The second kappa shape index (κ2) is 6.14. The first-order valence-corrected chi connectivity index (χ1v) is 7.08. The van der Waals surface area contributed by atoms with Crippen LogP contribution in [0.4, 0.5) is 0 Å². The van der Waals surface area contributed by atoms with Crippen LogP contribution in [-0.4, -0.2) is 18.5 Å². The summed E-state index contributed by atoms with van der Waals surface area (Å²) in [4.78, 5) is 3.66. The number of nitrogens with zero attached hydrogens (tertiary/aromatic N) is 1. The molecule has 18 heavy (non-hydrogen) atoms. The summed E-state index contributed by atoms with van der Waals surface area (Å²) in [5.74, 6) is 0. The molecule has 2 aromatic rings. The molecule has 96 valence electrons. The molecule has 0 aliphatic carbocycles. The molecule has 2 N–H and O–H groups in total. The smallest absolute Gasteiger partial charge is 0.0564 e. The first kappa shape index (κ1) is 13.3. The molecule has 1 atom stereocenters. The molecule has 2 nitrogen and oxygen atoms in total. The van der Waals surface area contributed by atoms with Crippen LogP contribution in [0.25, 0.3) is 0 Å².